The first kappa shape index (κ1) is 14.1. The zero-order valence-corrected chi connectivity index (χ0v) is 12.0. The lowest BCUT2D eigenvalue weighted by atomic mass is 10.1. The number of aryl methyl sites for hydroxylation is 1. The highest BCUT2D eigenvalue weighted by Crippen LogP contribution is 2.19. The van der Waals surface area contributed by atoms with E-state index in [2.05, 4.69) is 11.2 Å². The number of hydrogen-bond donors (Lipinski definition) is 0. The van der Waals surface area contributed by atoms with Crippen molar-refractivity contribution in [3.8, 4) is 6.07 Å². The van der Waals surface area contributed by atoms with Gasteiger partial charge >= 0.3 is 0 Å². The van der Waals surface area contributed by atoms with Crippen molar-refractivity contribution in [1.82, 2.24) is 14.7 Å². The molecule has 0 bridgehead atoms. The molecule has 1 amide bonds. The molecule has 1 unspecified atom stereocenters. The van der Waals surface area contributed by atoms with Crippen LogP contribution >= 0.6 is 0 Å². The molecular weight excluding hydrogens is 252 g/mol. The number of aromatic nitrogens is 2. The topological polar surface area (TPSA) is 61.9 Å². The fourth-order valence-corrected chi connectivity index (χ4v) is 2.25. The molecule has 1 atom stereocenters. The first-order valence-electron chi connectivity index (χ1n) is 6.69. The third kappa shape index (κ3) is 2.50. The first-order valence-corrected chi connectivity index (χ1v) is 6.69. The summed E-state index contributed by atoms with van der Waals surface area (Å²) in [5, 5.41) is 14.1. The monoisotopic (exact) mass is 270 g/mol. The molecule has 1 heterocycles. The minimum absolute atomic E-state index is 0.119. The molecule has 5 nitrogen and oxygen atoms in total. The van der Waals surface area contributed by atoms with Crippen molar-refractivity contribution < 1.29 is 4.79 Å². The van der Waals surface area contributed by atoms with Crippen LogP contribution in [0.5, 0.6) is 0 Å². The van der Waals surface area contributed by atoms with Crippen molar-refractivity contribution in [2.24, 2.45) is 13.0 Å². The molecule has 2 aromatic rings. The molecule has 104 valence electrons. The fraction of sp³-hybridized carbons (Fsp3) is 0.400. The second kappa shape index (κ2) is 5.74. The van der Waals surface area contributed by atoms with Gasteiger partial charge in [0.15, 0.2) is 5.69 Å². The summed E-state index contributed by atoms with van der Waals surface area (Å²) >= 11 is 0. The van der Waals surface area contributed by atoms with Crippen LogP contribution in [0.1, 0.15) is 24.3 Å². The highest BCUT2D eigenvalue weighted by molar-refractivity contribution is 6.04. The average molecular weight is 270 g/mol. The Kier molecular flexibility index (Phi) is 4.04. The van der Waals surface area contributed by atoms with Gasteiger partial charge in [-0.2, -0.15) is 10.4 Å². The lowest BCUT2D eigenvalue weighted by Gasteiger charge is -2.20. The van der Waals surface area contributed by atoms with Crippen molar-refractivity contribution in [1.29, 1.82) is 5.26 Å². The van der Waals surface area contributed by atoms with Crippen LogP contribution in [0.4, 0.5) is 0 Å². The molecule has 1 aromatic carbocycles. The van der Waals surface area contributed by atoms with E-state index in [9.17, 15) is 4.79 Å². The highest BCUT2D eigenvalue weighted by Gasteiger charge is 2.22. The second-order valence-electron chi connectivity index (χ2n) is 4.86. The molecule has 0 spiro atoms. The third-order valence-electron chi connectivity index (χ3n) is 3.34. The number of nitrogens with zero attached hydrogens (tertiary/aromatic N) is 4. The number of hydrogen-bond acceptors (Lipinski definition) is 3. The van der Waals surface area contributed by atoms with Crippen molar-refractivity contribution in [2.45, 2.75) is 13.8 Å². The van der Waals surface area contributed by atoms with E-state index >= 15 is 0 Å². The summed E-state index contributed by atoms with van der Waals surface area (Å²) < 4.78 is 1.71. The Morgan fingerprint density at radius 1 is 1.50 bits per heavy atom. The van der Waals surface area contributed by atoms with E-state index in [1.807, 2.05) is 45.2 Å². The Morgan fingerprint density at radius 2 is 2.20 bits per heavy atom. The Bertz CT molecular complexity index is 668. The number of nitriles is 1. The van der Waals surface area contributed by atoms with Gasteiger partial charge in [-0.25, -0.2) is 0 Å². The van der Waals surface area contributed by atoms with Crippen LogP contribution in [0.25, 0.3) is 10.9 Å². The lowest BCUT2D eigenvalue weighted by Crippen LogP contribution is -2.34. The molecule has 1 aromatic heterocycles. The highest BCUT2D eigenvalue weighted by atomic mass is 16.2. The van der Waals surface area contributed by atoms with E-state index in [0.29, 0.717) is 18.8 Å². The Morgan fingerprint density at radius 3 is 2.85 bits per heavy atom. The van der Waals surface area contributed by atoms with Crippen LogP contribution < -0.4 is 0 Å². The minimum atomic E-state index is -0.186. The van der Waals surface area contributed by atoms with Gasteiger partial charge < -0.3 is 4.90 Å². The molecule has 0 aliphatic rings. The summed E-state index contributed by atoms with van der Waals surface area (Å²) in [4.78, 5) is 14.3. The van der Waals surface area contributed by atoms with Gasteiger partial charge in [-0.15, -0.1) is 0 Å². The summed E-state index contributed by atoms with van der Waals surface area (Å²) in [5.41, 5.74) is 1.38. The SMILES string of the molecule is CCN(CC(C)C#N)C(=O)c1nn(C)c2ccccc12. The van der Waals surface area contributed by atoms with Gasteiger partial charge in [0, 0.05) is 25.5 Å². The molecule has 0 aliphatic carbocycles. The number of fused-ring (bicyclic) bond motifs is 1. The number of para-hydroxylation sites is 1. The van der Waals surface area contributed by atoms with Crippen LogP contribution in [-0.4, -0.2) is 33.7 Å². The first-order chi connectivity index (χ1) is 9.58. The van der Waals surface area contributed by atoms with Crippen LogP contribution in [0.15, 0.2) is 24.3 Å². The summed E-state index contributed by atoms with van der Waals surface area (Å²) in [6.45, 7) is 4.71. The number of rotatable bonds is 4. The van der Waals surface area contributed by atoms with Gasteiger partial charge in [-0.3, -0.25) is 9.48 Å². The van der Waals surface area contributed by atoms with Gasteiger partial charge in [0.1, 0.15) is 0 Å². The Labute approximate surface area is 118 Å². The van der Waals surface area contributed by atoms with E-state index in [0.717, 1.165) is 10.9 Å². The standard InChI is InChI=1S/C15H18N4O/c1-4-19(10-11(2)9-16)15(20)14-12-7-5-6-8-13(12)18(3)17-14/h5-8,11H,4,10H2,1-3H3. The second-order valence-corrected chi connectivity index (χ2v) is 4.86. The molecular formula is C15H18N4O. The predicted molar refractivity (Wildman–Crippen MR) is 77.1 cm³/mol. The third-order valence-corrected chi connectivity index (χ3v) is 3.34. The Hall–Kier alpha value is -2.35. The molecule has 2 rings (SSSR count). The molecule has 0 N–H and O–H groups in total. The lowest BCUT2D eigenvalue weighted by molar-refractivity contribution is 0.0748. The van der Waals surface area contributed by atoms with E-state index in [1.165, 1.54) is 0 Å². The molecule has 20 heavy (non-hydrogen) atoms. The van der Waals surface area contributed by atoms with Gasteiger partial charge in [-0.05, 0) is 19.9 Å². The van der Waals surface area contributed by atoms with E-state index < -0.39 is 0 Å². The number of carbonyl (C=O) groups excluding carboxylic acids is 1. The molecule has 5 heteroatoms. The van der Waals surface area contributed by atoms with Crippen molar-refractivity contribution in [2.75, 3.05) is 13.1 Å². The summed E-state index contributed by atoms with van der Waals surface area (Å²) in [5.74, 6) is -0.305. The number of amides is 1. The quantitative estimate of drug-likeness (QED) is 0.855. The fourth-order valence-electron chi connectivity index (χ4n) is 2.25. The van der Waals surface area contributed by atoms with E-state index in [-0.39, 0.29) is 11.8 Å². The smallest absolute Gasteiger partial charge is 0.275 e. The average Bonchev–Trinajstić information content (AvgIpc) is 2.81. The maximum atomic E-state index is 12.6. The molecule has 0 saturated heterocycles. The van der Waals surface area contributed by atoms with Gasteiger partial charge in [0.25, 0.3) is 5.91 Å². The van der Waals surface area contributed by atoms with Gasteiger partial charge in [0.05, 0.1) is 17.5 Å². The Balaban J connectivity index is 2.38. The van der Waals surface area contributed by atoms with Crippen LogP contribution in [0.2, 0.25) is 0 Å². The predicted octanol–water partition coefficient (Wildman–Crippen LogP) is 2.20. The van der Waals surface area contributed by atoms with Crippen molar-refractivity contribution in [3.63, 3.8) is 0 Å². The maximum Gasteiger partial charge on any atom is 0.275 e. The van der Waals surface area contributed by atoms with Gasteiger partial charge in [-0.1, -0.05) is 18.2 Å². The molecule has 0 radical (unpaired) electrons. The number of benzene rings is 1. The van der Waals surface area contributed by atoms with Crippen LogP contribution in [-0.2, 0) is 7.05 Å². The van der Waals surface area contributed by atoms with E-state index in [4.69, 9.17) is 5.26 Å². The zero-order chi connectivity index (χ0) is 14.7. The minimum Gasteiger partial charge on any atom is -0.336 e. The summed E-state index contributed by atoms with van der Waals surface area (Å²) in [7, 11) is 1.83. The van der Waals surface area contributed by atoms with Crippen LogP contribution in [0, 0.1) is 17.2 Å². The zero-order valence-electron chi connectivity index (χ0n) is 12.0. The molecule has 0 fully saturated rings. The van der Waals surface area contributed by atoms with Crippen molar-refractivity contribution in [3.05, 3.63) is 30.0 Å². The molecule has 0 aliphatic heterocycles. The normalized spacial score (nSPS) is 12.1. The largest absolute Gasteiger partial charge is 0.336 e. The summed E-state index contributed by atoms with van der Waals surface area (Å²) in [6.07, 6.45) is 0. The van der Waals surface area contributed by atoms with Gasteiger partial charge in [0.2, 0.25) is 0 Å². The number of carbonyl (C=O) groups is 1. The summed E-state index contributed by atoms with van der Waals surface area (Å²) in [6, 6.07) is 9.82. The van der Waals surface area contributed by atoms with Crippen molar-refractivity contribution >= 4 is 16.8 Å². The molecule has 0 saturated carbocycles. The van der Waals surface area contributed by atoms with E-state index in [1.54, 1.807) is 9.58 Å². The van der Waals surface area contributed by atoms with Crippen LogP contribution in [0.3, 0.4) is 0 Å². The maximum absolute atomic E-state index is 12.6.